The third kappa shape index (κ3) is 5.28. The zero-order chi connectivity index (χ0) is 33.2. The second-order valence-corrected chi connectivity index (χ2v) is 14.3. The van der Waals surface area contributed by atoms with Crippen molar-refractivity contribution in [2.75, 3.05) is 0 Å². The average molecular weight is 667 g/mol. The summed E-state index contributed by atoms with van der Waals surface area (Å²) in [6.07, 6.45) is -11.4. The van der Waals surface area contributed by atoms with E-state index in [-0.39, 0.29) is 53.5 Å². The van der Waals surface area contributed by atoms with Crippen molar-refractivity contribution in [2.24, 2.45) is 23.5 Å². The summed E-state index contributed by atoms with van der Waals surface area (Å²) in [5.41, 5.74) is -2.33. The Kier molecular flexibility index (Phi) is 8.27. The predicted octanol–water partition coefficient (Wildman–Crippen LogP) is 5.92. The van der Waals surface area contributed by atoms with E-state index in [1.165, 1.54) is 0 Å². The summed E-state index contributed by atoms with van der Waals surface area (Å²) in [6, 6.07) is 4.66. The maximum absolute atomic E-state index is 15.0. The van der Waals surface area contributed by atoms with Gasteiger partial charge in [-0.05, 0) is 86.8 Å². The number of amides is 2. The van der Waals surface area contributed by atoms with Crippen LogP contribution in [0.4, 0.5) is 35.1 Å². The first-order chi connectivity index (χ1) is 20.8. The van der Waals surface area contributed by atoms with Gasteiger partial charge in [-0.15, -0.1) is 0 Å². The van der Waals surface area contributed by atoms with Gasteiger partial charge in [0.2, 0.25) is 11.8 Å². The van der Waals surface area contributed by atoms with Gasteiger partial charge in [0.15, 0.2) is 9.84 Å². The molecule has 15 heteroatoms. The number of nitrogens with two attached hydrogens (primary N) is 1. The van der Waals surface area contributed by atoms with E-state index in [1.54, 1.807) is 0 Å². The first kappa shape index (κ1) is 33.1. The SMILES string of the molecule is NC(=O)C1CCC(C(=O)N[C@@H]2CC[C@@]3(S(=O)(=O)c4ccc(F)cc4)c4ccc(C(F)(C(F)(F)F)C(F)(F)F)cc4CC[C@@H]23)CC1. The Balaban J connectivity index is 1.56. The fourth-order valence-corrected chi connectivity index (χ4v) is 9.96. The van der Waals surface area contributed by atoms with Crippen molar-refractivity contribution in [3.63, 3.8) is 0 Å². The largest absolute Gasteiger partial charge is 0.435 e. The number of fused-ring (bicyclic) bond motifs is 3. The molecule has 246 valence electrons. The first-order valence-electron chi connectivity index (χ1n) is 14.4. The highest BCUT2D eigenvalue weighted by molar-refractivity contribution is 7.92. The fourth-order valence-electron chi connectivity index (χ4n) is 7.49. The molecule has 0 bridgehead atoms. The molecule has 2 aromatic carbocycles. The van der Waals surface area contributed by atoms with Gasteiger partial charge in [0.25, 0.3) is 0 Å². The first-order valence-corrected chi connectivity index (χ1v) is 15.9. The van der Waals surface area contributed by atoms with Crippen LogP contribution in [0, 0.1) is 23.6 Å². The Morgan fingerprint density at radius 1 is 0.822 bits per heavy atom. The van der Waals surface area contributed by atoms with Gasteiger partial charge in [0.05, 0.1) is 4.90 Å². The lowest BCUT2D eigenvalue weighted by Gasteiger charge is -2.43. The number of aryl methyl sites for hydroxylation is 1. The number of rotatable bonds is 6. The van der Waals surface area contributed by atoms with Crippen LogP contribution in [0.5, 0.6) is 0 Å². The molecule has 2 fully saturated rings. The topological polar surface area (TPSA) is 106 Å². The summed E-state index contributed by atoms with van der Waals surface area (Å²) in [6.45, 7) is 0. The maximum atomic E-state index is 15.0. The highest BCUT2D eigenvalue weighted by atomic mass is 32.2. The van der Waals surface area contributed by atoms with Gasteiger partial charge < -0.3 is 11.1 Å². The van der Waals surface area contributed by atoms with Crippen LogP contribution in [-0.2, 0) is 36.3 Å². The molecule has 0 heterocycles. The van der Waals surface area contributed by atoms with Gasteiger partial charge in [0, 0.05) is 29.4 Å². The number of hydrogen-bond donors (Lipinski definition) is 2. The molecule has 3 aliphatic carbocycles. The molecule has 6 nitrogen and oxygen atoms in total. The van der Waals surface area contributed by atoms with E-state index in [1.807, 2.05) is 0 Å². The van der Waals surface area contributed by atoms with E-state index in [9.17, 15) is 53.1 Å². The van der Waals surface area contributed by atoms with Crippen LogP contribution in [-0.4, -0.2) is 38.6 Å². The van der Waals surface area contributed by atoms with Crippen LogP contribution in [0.15, 0.2) is 47.4 Å². The lowest BCUT2D eigenvalue weighted by Crippen LogP contribution is -2.51. The Morgan fingerprint density at radius 2 is 1.40 bits per heavy atom. The third-order valence-electron chi connectivity index (χ3n) is 9.81. The molecular weight excluding hydrogens is 636 g/mol. The summed E-state index contributed by atoms with van der Waals surface area (Å²) in [7, 11) is -4.51. The summed E-state index contributed by atoms with van der Waals surface area (Å²) in [5, 5.41) is 2.92. The second-order valence-electron chi connectivity index (χ2n) is 12.1. The minimum Gasteiger partial charge on any atom is -0.369 e. The molecule has 3 N–H and O–H groups in total. The van der Waals surface area contributed by atoms with Crippen molar-refractivity contribution in [1.29, 1.82) is 0 Å². The van der Waals surface area contributed by atoms with Crippen LogP contribution in [0.25, 0.3) is 0 Å². The molecule has 0 aromatic heterocycles. The van der Waals surface area contributed by atoms with Crippen LogP contribution in [0.1, 0.15) is 61.6 Å². The summed E-state index contributed by atoms with van der Waals surface area (Å²) in [4.78, 5) is 24.5. The molecule has 45 heavy (non-hydrogen) atoms. The van der Waals surface area contributed by atoms with Gasteiger partial charge in [0.1, 0.15) is 10.6 Å². The lowest BCUT2D eigenvalue weighted by molar-refractivity contribution is -0.348. The zero-order valence-electron chi connectivity index (χ0n) is 23.7. The van der Waals surface area contributed by atoms with Crippen molar-refractivity contribution in [3.05, 3.63) is 65.0 Å². The monoisotopic (exact) mass is 666 g/mol. The van der Waals surface area contributed by atoms with Crippen molar-refractivity contribution >= 4 is 21.7 Å². The number of carbonyl (C=O) groups excluding carboxylic acids is 2. The molecule has 2 amide bonds. The average Bonchev–Trinajstić information content (AvgIpc) is 3.35. The number of halogens is 8. The number of carbonyl (C=O) groups is 2. The second kappa shape index (κ2) is 11.2. The van der Waals surface area contributed by atoms with E-state index >= 15 is 0 Å². The van der Waals surface area contributed by atoms with E-state index in [0.29, 0.717) is 37.8 Å². The molecule has 0 radical (unpaired) electrons. The Bertz CT molecular complexity index is 1570. The minimum absolute atomic E-state index is 0.0619. The number of alkyl halides is 7. The molecule has 3 atom stereocenters. The fraction of sp³-hybridized carbons (Fsp3) is 0.533. The summed E-state index contributed by atoms with van der Waals surface area (Å²) in [5.74, 6) is -3.25. The molecular formula is C30H30F8N2O4S. The molecule has 2 saturated carbocycles. The lowest BCUT2D eigenvalue weighted by atomic mass is 9.73. The number of benzene rings is 2. The van der Waals surface area contributed by atoms with Crippen LogP contribution in [0.3, 0.4) is 0 Å². The van der Waals surface area contributed by atoms with E-state index in [2.05, 4.69) is 5.32 Å². The Hall–Kier alpha value is -3.23. The quantitative estimate of drug-likeness (QED) is 0.295. The highest BCUT2D eigenvalue weighted by Crippen LogP contribution is 2.59. The number of hydrogen-bond acceptors (Lipinski definition) is 4. The van der Waals surface area contributed by atoms with Gasteiger partial charge in [-0.3, -0.25) is 9.59 Å². The number of nitrogens with one attached hydrogen (secondary N) is 1. The normalized spacial score (nSPS) is 27.4. The van der Waals surface area contributed by atoms with Crippen molar-refractivity contribution < 1.29 is 53.1 Å². The van der Waals surface area contributed by atoms with Gasteiger partial charge >= 0.3 is 18.0 Å². The molecule has 0 unspecified atom stereocenters. The molecule has 5 rings (SSSR count). The van der Waals surface area contributed by atoms with E-state index in [4.69, 9.17) is 5.73 Å². The van der Waals surface area contributed by atoms with Crippen molar-refractivity contribution in [2.45, 2.75) is 85.1 Å². The summed E-state index contributed by atoms with van der Waals surface area (Å²) >= 11 is 0. The molecule has 2 aromatic rings. The highest BCUT2D eigenvalue weighted by Gasteiger charge is 2.73. The third-order valence-corrected chi connectivity index (χ3v) is 12.4. The van der Waals surface area contributed by atoms with Gasteiger partial charge in [-0.1, -0.05) is 18.2 Å². The van der Waals surface area contributed by atoms with Gasteiger partial charge in [-0.2, -0.15) is 26.3 Å². The molecule has 0 aliphatic heterocycles. The zero-order valence-corrected chi connectivity index (χ0v) is 24.5. The Morgan fingerprint density at radius 3 is 1.96 bits per heavy atom. The standard InChI is InChI=1S/C30H30F8N2O4S/c31-20-7-9-21(10-8-20)45(43,44)27-14-13-24(40-26(42)17-3-1-16(2-4-17)25(39)41)23(27)11-5-18-15-19(6-12-22(18)27)28(32,29(33,34)35)30(36,37)38/h6-10,12,15-17,23-24H,1-5,11,13-14H2,(H2,39,41)(H,40,42)/t16?,17?,23-,24+,27+/m0/s1. The van der Waals surface area contributed by atoms with Crippen molar-refractivity contribution in [3.8, 4) is 0 Å². The number of sulfone groups is 1. The van der Waals surface area contributed by atoms with Crippen LogP contribution >= 0.6 is 0 Å². The van der Waals surface area contributed by atoms with E-state index in [0.717, 1.165) is 30.3 Å². The van der Waals surface area contributed by atoms with Gasteiger partial charge in [-0.25, -0.2) is 17.2 Å². The summed E-state index contributed by atoms with van der Waals surface area (Å²) < 4.78 is 137. The maximum Gasteiger partial charge on any atom is 0.435 e. The molecule has 3 aliphatic rings. The van der Waals surface area contributed by atoms with Crippen LogP contribution < -0.4 is 11.1 Å². The van der Waals surface area contributed by atoms with E-state index < -0.39 is 67.8 Å². The minimum atomic E-state index is -6.35. The molecule has 0 spiro atoms. The molecule has 0 saturated heterocycles. The number of primary amides is 1. The van der Waals surface area contributed by atoms with Crippen LogP contribution in [0.2, 0.25) is 0 Å². The smallest absolute Gasteiger partial charge is 0.369 e. The predicted molar refractivity (Wildman–Crippen MR) is 144 cm³/mol. The Labute approximate surface area is 253 Å². The van der Waals surface area contributed by atoms with Crippen molar-refractivity contribution in [1.82, 2.24) is 5.32 Å².